The fourth-order valence-corrected chi connectivity index (χ4v) is 5.28. The van der Waals surface area contributed by atoms with E-state index in [1.54, 1.807) is 24.3 Å². The zero-order chi connectivity index (χ0) is 23.4. The van der Waals surface area contributed by atoms with E-state index in [2.05, 4.69) is 4.98 Å². The van der Waals surface area contributed by atoms with Gasteiger partial charge in [-0.3, -0.25) is 4.57 Å². The van der Waals surface area contributed by atoms with Crippen molar-refractivity contribution in [1.29, 1.82) is 0 Å². The topological polar surface area (TPSA) is 79.4 Å². The summed E-state index contributed by atoms with van der Waals surface area (Å²) in [5.41, 5.74) is 6.80. The first-order valence-corrected chi connectivity index (χ1v) is 11.9. The Labute approximate surface area is 204 Å². The van der Waals surface area contributed by atoms with E-state index in [0.717, 1.165) is 11.1 Å². The van der Waals surface area contributed by atoms with E-state index in [-0.39, 0.29) is 24.3 Å². The van der Waals surface area contributed by atoms with Crippen molar-refractivity contribution in [1.82, 2.24) is 9.55 Å². The second-order valence-corrected chi connectivity index (χ2v) is 9.83. The van der Waals surface area contributed by atoms with Crippen LogP contribution in [0.4, 0.5) is 10.2 Å². The average Bonchev–Trinajstić information content (AvgIpc) is 3.10. The van der Waals surface area contributed by atoms with Gasteiger partial charge in [-0.25, -0.2) is 9.18 Å². The van der Waals surface area contributed by atoms with Crippen LogP contribution < -0.4 is 11.4 Å². The molecule has 0 aliphatic carbocycles. The Balaban J connectivity index is 1.47. The Morgan fingerprint density at radius 3 is 2.21 bits per heavy atom. The van der Waals surface area contributed by atoms with Crippen LogP contribution in [0.15, 0.2) is 65.6 Å². The van der Waals surface area contributed by atoms with Crippen molar-refractivity contribution in [3.8, 4) is 0 Å². The van der Waals surface area contributed by atoms with E-state index in [9.17, 15) is 4.79 Å². The van der Waals surface area contributed by atoms with Gasteiger partial charge in [0.2, 0.25) is 0 Å². The molecule has 1 aliphatic heterocycles. The van der Waals surface area contributed by atoms with E-state index >= 15 is 4.39 Å². The molecule has 0 spiro atoms. The first-order valence-electron chi connectivity index (χ1n) is 10.2. The number of rotatable bonds is 8. The monoisotopic (exact) mass is 509 g/mol. The Bertz CT molecular complexity index is 1130. The highest BCUT2D eigenvalue weighted by molar-refractivity contribution is 8.00. The van der Waals surface area contributed by atoms with Crippen molar-refractivity contribution in [3.63, 3.8) is 0 Å². The van der Waals surface area contributed by atoms with E-state index in [1.165, 1.54) is 28.6 Å². The minimum absolute atomic E-state index is 0.0908. The maximum Gasteiger partial charge on any atom is 0.350 e. The Morgan fingerprint density at radius 2 is 1.61 bits per heavy atom. The molecule has 3 aromatic rings. The maximum atomic E-state index is 15.6. The van der Waals surface area contributed by atoms with Crippen LogP contribution in [0.3, 0.4) is 0 Å². The molecule has 2 unspecified atom stereocenters. The van der Waals surface area contributed by atoms with Crippen LogP contribution in [-0.4, -0.2) is 33.7 Å². The second-order valence-electron chi connectivity index (χ2n) is 7.60. The predicted octanol–water partition coefficient (Wildman–Crippen LogP) is 4.89. The highest BCUT2D eigenvalue weighted by Gasteiger charge is 2.47. The van der Waals surface area contributed by atoms with E-state index in [4.69, 9.17) is 38.4 Å². The minimum atomic E-state index is -1.45. The molecule has 0 bridgehead atoms. The van der Waals surface area contributed by atoms with Crippen LogP contribution in [0.2, 0.25) is 10.0 Å². The maximum absolute atomic E-state index is 15.6. The molecular weight excluding hydrogens is 488 g/mol. The van der Waals surface area contributed by atoms with Crippen molar-refractivity contribution in [2.75, 3.05) is 12.3 Å². The standard InChI is InChI=1S/C23H22Cl2FN3O3S/c24-16-5-1-14(2-6-16)11-31-13-18-21(32-12-15-3-7-17(25)8-4-15)20(26)22(33-18)29-10-9-19(27)28-23(29)30/h1-10,18,20-22H,11-13H2,(H2,27,28,30)/t18?,20-,21+,22?/m0/s1. The quantitative estimate of drug-likeness (QED) is 0.465. The lowest BCUT2D eigenvalue weighted by atomic mass is 10.1. The number of aromatic nitrogens is 2. The molecule has 0 radical (unpaired) electrons. The third-order valence-corrected chi connectivity index (χ3v) is 7.24. The van der Waals surface area contributed by atoms with Gasteiger partial charge in [0.25, 0.3) is 0 Å². The third-order valence-electron chi connectivity index (χ3n) is 5.21. The Morgan fingerprint density at radius 1 is 1.00 bits per heavy atom. The number of hydrogen-bond acceptors (Lipinski definition) is 6. The van der Waals surface area contributed by atoms with Crippen LogP contribution >= 0.6 is 35.0 Å². The number of alkyl halides is 1. The van der Waals surface area contributed by atoms with Gasteiger partial charge in [-0.15, -0.1) is 11.8 Å². The van der Waals surface area contributed by atoms with Crippen LogP contribution in [0.25, 0.3) is 0 Å². The summed E-state index contributed by atoms with van der Waals surface area (Å²) in [6.07, 6.45) is -0.776. The number of nitrogens with two attached hydrogens (primary N) is 1. The van der Waals surface area contributed by atoms with Crippen LogP contribution in [0.1, 0.15) is 16.5 Å². The van der Waals surface area contributed by atoms with Gasteiger partial charge in [0.15, 0.2) is 6.17 Å². The molecule has 1 aliphatic rings. The van der Waals surface area contributed by atoms with Crippen molar-refractivity contribution in [2.45, 2.75) is 36.1 Å². The minimum Gasteiger partial charge on any atom is -0.383 e. The summed E-state index contributed by atoms with van der Waals surface area (Å²) in [6, 6.07) is 16.0. The molecule has 33 heavy (non-hydrogen) atoms. The molecule has 1 fully saturated rings. The lowest BCUT2D eigenvalue weighted by Gasteiger charge is -2.21. The molecule has 2 N–H and O–H groups in total. The highest BCUT2D eigenvalue weighted by Crippen LogP contribution is 2.45. The molecule has 2 aromatic carbocycles. The fourth-order valence-electron chi connectivity index (χ4n) is 3.52. The van der Waals surface area contributed by atoms with Gasteiger partial charge < -0.3 is 15.2 Å². The number of benzene rings is 2. The van der Waals surface area contributed by atoms with Gasteiger partial charge in [-0.2, -0.15) is 4.98 Å². The summed E-state index contributed by atoms with van der Waals surface area (Å²) in [7, 11) is 0. The Kier molecular flexibility index (Phi) is 7.93. The summed E-state index contributed by atoms with van der Waals surface area (Å²) in [6.45, 7) is 0.799. The molecule has 4 atom stereocenters. The normalized spacial score (nSPS) is 22.5. The van der Waals surface area contributed by atoms with Gasteiger partial charge in [0, 0.05) is 16.2 Å². The zero-order valence-corrected chi connectivity index (χ0v) is 19.8. The molecule has 6 nitrogen and oxygen atoms in total. The van der Waals surface area contributed by atoms with Crippen LogP contribution in [0.5, 0.6) is 0 Å². The SMILES string of the molecule is Nc1ccn(C2SC(COCc3ccc(Cl)cc3)[C@@H](OCc3ccc(Cl)cc3)[C@@H]2F)c(=O)n1. The van der Waals surface area contributed by atoms with Gasteiger partial charge in [-0.05, 0) is 41.5 Å². The molecule has 1 saturated heterocycles. The molecule has 2 heterocycles. The molecule has 0 amide bonds. The summed E-state index contributed by atoms with van der Waals surface area (Å²) >= 11 is 13.2. The fraction of sp³-hybridized carbons (Fsp3) is 0.304. The average molecular weight is 510 g/mol. The van der Waals surface area contributed by atoms with Crippen molar-refractivity contribution >= 4 is 40.8 Å². The Hall–Kier alpha value is -2.10. The van der Waals surface area contributed by atoms with E-state index in [0.29, 0.717) is 16.7 Å². The number of anilines is 1. The van der Waals surface area contributed by atoms with Crippen molar-refractivity contribution < 1.29 is 13.9 Å². The second kappa shape index (κ2) is 10.9. The van der Waals surface area contributed by atoms with Crippen LogP contribution in [-0.2, 0) is 22.7 Å². The lowest BCUT2D eigenvalue weighted by molar-refractivity contribution is -0.0262. The van der Waals surface area contributed by atoms with Crippen molar-refractivity contribution in [3.05, 3.63) is 92.5 Å². The zero-order valence-electron chi connectivity index (χ0n) is 17.4. The highest BCUT2D eigenvalue weighted by atomic mass is 35.5. The van der Waals surface area contributed by atoms with E-state index < -0.39 is 23.3 Å². The van der Waals surface area contributed by atoms with Gasteiger partial charge in [-0.1, -0.05) is 47.5 Å². The number of thioether (sulfide) groups is 1. The summed E-state index contributed by atoms with van der Waals surface area (Å²) in [5.74, 6) is 0.0908. The first-order chi connectivity index (χ1) is 15.9. The molecule has 4 rings (SSSR count). The molecule has 1 aromatic heterocycles. The largest absolute Gasteiger partial charge is 0.383 e. The van der Waals surface area contributed by atoms with Gasteiger partial charge in [0.1, 0.15) is 17.3 Å². The number of hydrogen-bond donors (Lipinski definition) is 1. The van der Waals surface area contributed by atoms with Crippen molar-refractivity contribution in [2.24, 2.45) is 0 Å². The number of ether oxygens (including phenoxy) is 2. The van der Waals surface area contributed by atoms with Gasteiger partial charge >= 0.3 is 5.69 Å². The molecule has 0 saturated carbocycles. The molecular formula is C23H22Cl2FN3O3S. The summed E-state index contributed by atoms with van der Waals surface area (Å²) < 4.78 is 28.7. The first kappa shape index (κ1) is 24.0. The third kappa shape index (κ3) is 6.07. The lowest BCUT2D eigenvalue weighted by Crippen LogP contribution is -2.35. The van der Waals surface area contributed by atoms with Gasteiger partial charge in [0.05, 0.1) is 25.1 Å². The van der Waals surface area contributed by atoms with E-state index in [1.807, 2.05) is 24.3 Å². The number of nitrogen functional groups attached to an aromatic ring is 1. The summed E-state index contributed by atoms with van der Waals surface area (Å²) in [4.78, 5) is 16.0. The smallest absolute Gasteiger partial charge is 0.350 e. The predicted molar refractivity (Wildman–Crippen MR) is 129 cm³/mol. The number of halogens is 3. The summed E-state index contributed by atoms with van der Waals surface area (Å²) in [5, 5.41) is 0.118. The molecule has 174 valence electrons. The molecule has 10 heteroatoms. The number of nitrogens with zero attached hydrogens (tertiary/aromatic N) is 2. The van der Waals surface area contributed by atoms with Crippen LogP contribution in [0, 0.1) is 0 Å².